The van der Waals surface area contributed by atoms with E-state index in [0.29, 0.717) is 86.8 Å². The number of carbonyl (C=O) groups is 3. The Labute approximate surface area is 428 Å². The van der Waals surface area contributed by atoms with Crippen LogP contribution in [0.3, 0.4) is 0 Å². The average Bonchev–Trinajstić information content (AvgIpc) is 4.01. The molecule has 4 aliphatic heterocycles. The summed E-state index contributed by atoms with van der Waals surface area (Å²) in [6.07, 6.45) is 1.62. The Balaban J connectivity index is 0.947. The molecule has 7 aromatic carbocycles. The van der Waals surface area contributed by atoms with Crippen molar-refractivity contribution in [2.45, 2.75) is 62.7 Å². The summed E-state index contributed by atoms with van der Waals surface area (Å²) >= 11 is 0. The Bertz CT molecular complexity index is 3510. The lowest BCUT2D eigenvalue weighted by Crippen LogP contribution is -2.46. The van der Waals surface area contributed by atoms with Crippen LogP contribution in [0.15, 0.2) is 176 Å². The molecule has 2 N–H and O–H groups in total. The van der Waals surface area contributed by atoms with Crippen molar-refractivity contribution >= 4 is 54.5 Å². The monoisotopic (exact) mass is 1000 g/mol. The summed E-state index contributed by atoms with van der Waals surface area (Å²) in [6, 6.07) is 52.0. The van der Waals surface area contributed by atoms with Gasteiger partial charge in [0.05, 0.1) is 59.1 Å². The summed E-state index contributed by atoms with van der Waals surface area (Å²) in [5.41, 5.74) is 4.40. The van der Waals surface area contributed by atoms with Crippen molar-refractivity contribution < 1.29 is 38.5 Å². The van der Waals surface area contributed by atoms with Crippen LogP contribution in [0.5, 0.6) is 23.0 Å². The van der Waals surface area contributed by atoms with E-state index >= 15 is 4.79 Å². The van der Waals surface area contributed by atoms with Crippen molar-refractivity contribution in [3.63, 3.8) is 0 Å². The van der Waals surface area contributed by atoms with Gasteiger partial charge in [-0.15, -0.1) is 5.10 Å². The van der Waals surface area contributed by atoms with Crippen LogP contribution in [0.4, 0.5) is 28.4 Å². The Hall–Kier alpha value is -8.21. The number of aromatic nitrogens is 3. The molecule has 5 atom stereocenters. The van der Waals surface area contributed by atoms with Gasteiger partial charge in [-0.25, -0.2) is 0 Å². The fraction of sp³-hybridized carbons (Fsp3) is 0.203. The summed E-state index contributed by atoms with van der Waals surface area (Å²) in [5.74, 6) is 0.114. The lowest BCUT2D eigenvalue weighted by Gasteiger charge is -2.32. The second kappa shape index (κ2) is 18.4. The van der Waals surface area contributed by atoms with Crippen LogP contribution in [-0.4, -0.2) is 63.6 Å². The maximum absolute atomic E-state index is 16.0. The Morgan fingerprint density at radius 2 is 1.24 bits per heavy atom. The van der Waals surface area contributed by atoms with E-state index in [2.05, 4.69) is 10.3 Å². The molecule has 1 spiro atoms. The van der Waals surface area contributed by atoms with Gasteiger partial charge < -0.3 is 29.0 Å². The molecule has 0 bridgehead atoms. The van der Waals surface area contributed by atoms with E-state index in [1.165, 1.54) is 0 Å². The Morgan fingerprint density at radius 3 is 1.86 bits per heavy atom. The molecule has 14 nitrogen and oxygen atoms in total. The smallest absolute Gasteiger partial charge is 0.266 e. The third-order valence-corrected chi connectivity index (χ3v) is 17.5. The number of carbonyl (C=O) groups excluding carboxylic acids is 3. The topological polar surface area (TPSA) is 160 Å². The van der Waals surface area contributed by atoms with Gasteiger partial charge in [0.2, 0.25) is 0 Å². The summed E-state index contributed by atoms with van der Waals surface area (Å²) in [5, 5.41) is 19.3. The predicted octanol–water partition coefficient (Wildman–Crippen LogP) is 11.0. The largest absolute Gasteiger partial charge is 0.454 e. The number of hydrogen-bond acceptors (Lipinski definition) is 10. The highest BCUT2D eigenvalue weighted by molar-refractivity contribution is 6.71. The second-order valence-corrected chi connectivity index (χ2v) is 23.9. The van der Waals surface area contributed by atoms with Crippen molar-refractivity contribution in [2.24, 2.45) is 5.92 Å². The molecule has 74 heavy (non-hydrogen) atoms. The molecular weight excluding hydrogens is 949 g/mol. The zero-order valence-corrected chi connectivity index (χ0v) is 41.9. The maximum Gasteiger partial charge on any atom is 0.266 e. The summed E-state index contributed by atoms with van der Waals surface area (Å²) in [7, 11) is -3.14. The van der Waals surface area contributed by atoms with E-state index < -0.39 is 31.5 Å². The van der Waals surface area contributed by atoms with Crippen LogP contribution in [-0.2, 0) is 28.2 Å². The molecule has 1 saturated heterocycles. The van der Waals surface area contributed by atoms with Crippen molar-refractivity contribution in [1.82, 2.24) is 15.0 Å². The minimum atomic E-state index is -3.14. The first-order chi connectivity index (χ1) is 35.9. The maximum atomic E-state index is 16.0. The fourth-order valence-electron chi connectivity index (χ4n) is 11.6. The normalized spacial score (nSPS) is 20.2. The number of aliphatic hydroxyl groups is 1. The highest BCUT2D eigenvalue weighted by Crippen LogP contribution is 2.61. The van der Waals surface area contributed by atoms with Gasteiger partial charge in [0.15, 0.2) is 25.4 Å². The number of benzene rings is 7. The average molecular weight is 1000 g/mol. The quantitative estimate of drug-likeness (QED) is 0.119. The Kier molecular flexibility index (Phi) is 11.6. The molecule has 4 aliphatic rings. The lowest BCUT2D eigenvalue weighted by atomic mass is 9.82. The molecule has 1 unspecified atom stereocenters. The number of rotatable bonds is 11. The summed E-state index contributed by atoms with van der Waals surface area (Å²) < 4.78 is 21.8. The second-order valence-electron chi connectivity index (χ2n) is 19.9. The van der Waals surface area contributed by atoms with Crippen LogP contribution in [0.2, 0.25) is 18.6 Å². The number of anilines is 5. The Morgan fingerprint density at radius 1 is 0.662 bits per heavy atom. The number of hydrogen-bond donors (Lipinski definition) is 2. The first kappa shape index (κ1) is 46.8. The molecule has 370 valence electrons. The molecule has 0 aliphatic carbocycles. The molecule has 8 aromatic rings. The zero-order valence-electron chi connectivity index (χ0n) is 40.9. The molecule has 0 saturated carbocycles. The van der Waals surface area contributed by atoms with Gasteiger partial charge in [-0.3, -0.25) is 28.9 Å². The minimum absolute atomic E-state index is 0.102. The van der Waals surface area contributed by atoms with Crippen LogP contribution in [0.1, 0.15) is 62.4 Å². The van der Waals surface area contributed by atoms with Crippen LogP contribution in [0, 0.1) is 5.92 Å². The van der Waals surface area contributed by atoms with Crippen molar-refractivity contribution in [1.29, 1.82) is 0 Å². The highest BCUT2D eigenvalue weighted by Gasteiger charge is 2.66. The van der Waals surface area contributed by atoms with E-state index in [1.807, 2.05) is 166 Å². The van der Waals surface area contributed by atoms with E-state index in [0.717, 1.165) is 11.1 Å². The molecule has 15 heteroatoms. The number of fused-ring (bicyclic) bond motifs is 6. The van der Waals surface area contributed by atoms with E-state index in [4.69, 9.17) is 14.2 Å². The number of aliphatic hydroxyl groups excluding tert-OH is 1. The van der Waals surface area contributed by atoms with Gasteiger partial charge >= 0.3 is 0 Å². The number of ether oxygens (including phenoxy) is 3. The van der Waals surface area contributed by atoms with Gasteiger partial charge in [-0.05, 0) is 110 Å². The number of para-hydroxylation sites is 6. The van der Waals surface area contributed by atoms with Crippen molar-refractivity contribution in [2.75, 3.05) is 21.3 Å². The van der Waals surface area contributed by atoms with Crippen molar-refractivity contribution in [3.05, 3.63) is 210 Å². The van der Waals surface area contributed by atoms with E-state index in [9.17, 15) is 19.5 Å². The summed E-state index contributed by atoms with van der Waals surface area (Å²) in [6.45, 7) is 6.08. The van der Waals surface area contributed by atoms with Gasteiger partial charge in [0.25, 0.3) is 17.7 Å². The van der Waals surface area contributed by atoms with Crippen LogP contribution in [0.25, 0.3) is 0 Å². The number of nitrogens with zero attached hydrogens (tertiary/aromatic N) is 6. The standard InChI is InChI=1S/C59H52N6O8Si/c1-37-55(74(2,3)70)54(30-31-62-35-46(60-61-62)44(36-66)39-17-5-4-6-18-39)73-59(37)45-33-41(65-49-23-10-14-27-53(49)72-51-25-12-8-21-43(51)57(65)68)28-29-47(45)63(58(59)69)34-38-16-15-19-40(32-38)64-48-22-9-13-26-52(48)71-50-24-11-7-20-42(50)56(64)67/h4-29,32-33,35,37,44,54-55,66,70H,30-31,34,36H2,1-3H3/t37-,44?,54+,55-,59+/m1/s1. The van der Waals surface area contributed by atoms with E-state index in [-0.39, 0.29) is 36.8 Å². The minimum Gasteiger partial charge on any atom is -0.454 e. The zero-order chi connectivity index (χ0) is 50.9. The number of aryl methyl sites for hydroxylation is 1. The van der Waals surface area contributed by atoms with Gasteiger partial charge in [0, 0.05) is 41.1 Å². The van der Waals surface area contributed by atoms with Crippen LogP contribution < -0.4 is 24.2 Å². The number of amides is 3. The highest BCUT2D eigenvalue weighted by atomic mass is 28.4. The summed E-state index contributed by atoms with van der Waals surface area (Å²) in [4.78, 5) is 62.6. The van der Waals surface area contributed by atoms with Gasteiger partial charge in [0.1, 0.15) is 11.5 Å². The fourth-order valence-corrected chi connectivity index (χ4v) is 14.2. The van der Waals surface area contributed by atoms with Gasteiger partial charge in [-0.1, -0.05) is 103 Å². The van der Waals surface area contributed by atoms with Crippen molar-refractivity contribution in [3.8, 4) is 23.0 Å². The first-order valence-electron chi connectivity index (χ1n) is 24.8. The molecule has 12 rings (SSSR count). The van der Waals surface area contributed by atoms with Crippen LogP contribution >= 0.6 is 0 Å². The molecule has 3 amide bonds. The molecular formula is C59H52N6O8Si. The molecule has 0 radical (unpaired) electrons. The van der Waals surface area contributed by atoms with E-state index in [1.54, 1.807) is 49.7 Å². The predicted molar refractivity (Wildman–Crippen MR) is 282 cm³/mol. The lowest BCUT2D eigenvalue weighted by molar-refractivity contribution is -0.146. The first-order valence-corrected chi connectivity index (χ1v) is 27.9. The SMILES string of the molecule is C[C@@H]1[C@@H]([Si](C)(C)O)[C@H](CCn2cc(C(CO)c3ccccc3)nn2)O[C@@]12C(=O)N(Cc1cccc(N3C(=O)c4ccccc4Oc4ccccc43)c1)c1ccc(N3C(=O)c4ccccc4Oc4ccccc43)cc12. The van der Waals surface area contributed by atoms with Gasteiger partial charge in [-0.2, -0.15) is 0 Å². The third-order valence-electron chi connectivity index (χ3n) is 15.0. The molecule has 5 heterocycles. The molecule has 1 aromatic heterocycles. The molecule has 1 fully saturated rings. The third kappa shape index (κ3) is 7.78.